The van der Waals surface area contributed by atoms with Gasteiger partial charge in [-0.05, 0) is 37.3 Å². The summed E-state index contributed by atoms with van der Waals surface area (Å²) in [5.74, 6) is 1.41. The number of hydrogen-bond acceptors (Lipinski definition) is 7. The monoisotopic (exact) mass is 439 g/mol. The number of benzene rings is 1. The molecule has 0 saturated heterocycles. The van der Waals surface area contributed by atoms with Gasteiger partial charge in [-0.15, -0.1) is 5.10 Å². The largest absolute Gasteiger partial charge is 0.496 e. The molecule has 0 spiro atoms. The van der Waals surface area contributed by atoms with Crippen LogP contribution in [0.5, 0.6) is 5.75 Å². The smallest absolute Gasteiger partial charge is 0.255 e. The summed E-state index contributed by atoms with van der Waals surface area (Å²) in [5.41, 5.74) is 3.34. The van der Waals surface area contributed by atoms with E-state index in [0.29, 0.717) is 34.5 Å². The van der Waals surface area contributed by atoms with Gasteiger partial charge >= 0.3 is 0 Å². The Balaban J connectivity index is 1.64. The Kier molecular flexibility index (Phi) is 5.27. The molecule has 0 aliphatic carbocycles. The summed E-state index contributed by atoms with van der Waals surface area (Å²) in [6.07, 6.45) is 6.66. The molecule has 0 bridgehead atoms. The molecule has 0 fully saturated rings. The van der Waals surface area contributed by atoms with Gasteiger partial charge in [-0.1, -0.05) is 18.2 Å². The second-order valence-corrected chi connectivity index (χ2v) is 7.45. The average Bonchev–Trinajstić information content (AvgIpc) is 3.28. The Hall–Kier alpha value is -4.53. The summed E-state index contributed by atoms with van der Waals surface area (Å²) in [6, 6.07) is 14.3. The summed E-state index contributed by atoms with van der Waals surface area (Å²) in [5, 5.41) is 10.9. The first-order valence-electron chi connectivity index (χ1n) is 10.3. The zero-order valence-corrected chi connectivity index (χ0v) is 18.1. The van der Waals surface area contributed by atoms with Gasteiger partial charge in [-0.2, -0.15) is 4.98 Å². The fraction of sp³-hybridized carbons (Fsp3) is 0.125. The van der Waals surface area contributed by atoms with E-state index in [-0.39, 0.29) is 5.91 Å². The van der Waals surface area contributed by atoms with Gasteiger partial charge in [0, 0.05) is 35.4 Å². The van der Waals surface area contributed by atoms with Gasteiger partial charge in [-0.25, -0.2) is 4.68 Å². The molecule has 1 aromatic carbocycles. The maximum Gasteiger partial charge on any atom is 0.255 e. The minimum atomic E-state index is -0.563. The van der Waals surface area contributed by atoms with Crippen LogP contribution in [0.1, 0.15) is 18.5 Å². The van der Waals surface area contributed by atoms with Crippen LogP contribution in [0.4, 0.5) is 11.6 Å². The van der Waals surface area contributed by atoms with Gasteiger partial charge in [-0.3, -0.25) is 14.8 Å². The van der Waals surface area contributed by atoms with Crippen LogP contribution >= 0.6 is 0 Å². The number of fused-ring (bicyclic) bond motifs is 1. The molecule has 9 nitrogen and oxygen atoms in total. The number of pyridine rings is 2. The fourth-order valence-electron chi connectivity index (χ4n) is 3.88. The summed E-state index contributed by atoms with van der Waals surface area (Å²) in [7, 11) is 1.61. The Morgan fingerprint density at radius 1 is 1.06 bits per heavy atom. The number of allylic oxidation sites excluding steroid dienone is 1. The van der Waals surface area contributed by atoms with Crippen LogP contribution in [0.15, 0.2) is 84.6 Å². The third-order valence-corrected chi connectivity index (χ3v) is 5.37. The molecule has 33 heavy (non-hydrogen) atoms. The van der Waals surface area contributed by atoms with Crippen molar-refractivity contribution < 1.29 is 9.53 Å². The molecule has 9 heteroatoms. The van der Waals surface area contributed by atoms with Crippen LogP contribution in [-0.4, -0.2) is 37.7 Å². The van der Waals surface area contributed by atoms with Gasteiger partial charge in [0.2, 0.25) is 5.95 Å². The topological polar surface area (TPSA) is 107 Å². The van der Waals surface area contributed by atoms with Crippen LogP contribution in [-0.2, 0) is 4.79 Å². The van der Waals surface area contributed by atoms with E-state index in [1.165, 1.54) is 0 Å². The minimum Gasteiger partial charge on any atom is -0.496 e. The van der Waals surface area contributed by atoms with Crippen molar-refractivity contribution in [1.29, 1.82) is 0 Å². The average molecular weight is 439 g/mol. The fourth-order valence-corrected chi connectivity index (χ4v) is 3.88. The Bertz CT molecular complexity index is 1330. The maximum absolute atomic E-state index is 13.5. The third-order valence-electron chi connectivity index (χ3n) is 5.37. The Labute approximate surface area is 190 Å². The molecule has 2 N–H and O–H groups in total. The van der Waals surface area contributed by atoms with Crippen molar-refractivity contribution in [2.75, 3.05) is 17.7 Å². The highest BCUT2D eigenvalue weighted by molar-refractivity contribution is 6.06. The summed E-state index contributed by atoms with van der Waals surface area (Å²) >= 11 is 0. The molecule has 0 saturated carbocycles. The normalized spacial score (nSPS) is 14.9. The lowest BCUT2D eigenvalue weighted by atomic mass is 9.94. The molecular formula is C24H21N7O2. The van der Waals surface area contributed by atoms with Crippen molar-refractivity contribution in [3.63, 3.8) is 0 Å². The Morgan fingerprint density at radius 3 is 2.58 bits per heavy atom. The number of rotatable bonds is 5. The van der Waals surface area contributed by atoms with Crippen molar-refractivity contribution >= 4 is 17.5 Å². The molecule has 3 aromatic heterocycles. The molecule has 1 unspecified atom stereocenters. The van der Waals surface area contributed by atoms with Gasteiger partial charge in [0.05, 0.1) is 24.6 Å². The van der Waals surface area contributed by atoms with Gasteiger partial charge in [0.1, 0.15) is 11.8 Å². The summed E-state index contributed by atoms with van der Waals surface area (Å²) in [4.78, 5) is 26.4. The van der Waals surface area contributed by atoms with Crippen LogP contribution in [0, 0.1) is 0 Å². The molecule has 4 aromatic rings. The van der Waals surface area contributed by atoms with E-state index in [2.05, 4.69) is 25.6 Å². The van der Waals surface area contributed by atoms with Crippen LogP contribution in [0.25, 0.3) is 11.4 Å². The van der Waals surface area contributed by atoms with Crippen LogP contribution < -0.4 is 15.4 Å². The number of amides is 1. The number of methoxy groups -OCH3 is 1. The molecule has 1 aliphatic rings. The predicted octanol–water partition coefficient (Wildman–Crippen LogP) is 3.67. The second-order valence-electron chi connectivity index (χ2n) is 7.45. The van der Waals surface area contributed by atoms with Gasteiger partial charge in [0.15, 0.2) is 5.82 Å². The van der Waals surface area contributed by atoms with E-state index in [1.54, 1.807) is 48.7 Å². The van der Waals surface area contributed by atoms with E-state index in [1.807, 2.05) is 43.3 Å². The SMILES string of the molecule is COc1ccccc1C1C(C(=O)Nc2cccnc2)=C(C)Nc2nc(-c3cccnc3)nn21. The van der Waals surface area contributed by atoms with Crippen molar-refractivity contribution in [2.45, 2.75) is 13.0 Å². The summed E-state index contributed by atoms with van der Waals surface area (Å²) in [6.45, 7) is 1.85. The first kappa shape index (κ1) is 20.4. The molecule has 1 aliphatic heterocycles. The predicted molar refractivity (Wildman–Crippen MR) is 124 cm³/mol. The molecule has 164 valence electrons. The quantitative estimate of drug-likeness (QED) is 0.489. The number of carbonyl (C=O) groups excluding carboxylic acids is 1. The minimum absolute atomic E-state index is 0.270. The van der Waals surface area contributed by atoms with Crippen molar-refractivity contribution in [2.24, 2.45) is 0 Å². The number of anilines is 2. The molecule has 1 amide bonds. The Morgan fingerprint density at radius 2 is 1.85 bits per heavy atom. The van der Waals surface area contributed by atoms with Gasteiger partial charge < -0.3 is 15.4 Å². The number of para-hydroxylation sites is 1. The zero-order valence-electron chi connectivity index (χ0n) is 18.1. The molecular weight excluding hydrogens is 418 g/mol. The highest BCUT2D eigenvalue weighted by Gasteiger charge is 2.36. The van der Waals surface area contributed by atoms with Crippen molar-refractivity contribution in [1.82, 2.24) is 24.7 Å². The van der Waals surface area contributed by atoms with Crippen molar-refractivity contribution in [3.8, 4) is 17.1 Å². The number of ether oxygens (including phenoxy) is 1. The zero-order chi connectivity index (χ0) is 22.8. The molecule has 5 rings (SSSR count). The van der Waals surface area contributed by atoms with E-state index < -0.39 is 6.04 Å². The van der Waals surface area contributed by atoms with E-state index in [0.717, 1.165) is 11.1 Å². The molecule has 1 atom stereocenters. The van der Waals surface area contributed by atoms with E-state index in [4.69, 9.17) is 9.84 Å². The maximum atomic E-state index is 13.5. The number of hydrogen-bond donors (Lipinski definition) is 2. The standard InChI is InChI=1S/C24H21N7O2/c1-15-20(23(32)28-17-8-6-12-26-14-17)21(18-9-3-4-10-19(18)33-2)31-24(27-15)29-22(30-31)16-7-5-11-25-13-16/h3-14,21H,1-2H3,(H,28,32)(H,27,29,30). The lowest BCUT2D eigenvalue weighted by Crippen LogP contribution is -2.31. The number of nitrogens with zero attached hydrogens (tertiary/aromatic N) is 5. The molecule has 4 heterocycles. The highest BCUT2D eigenvalue weighted by Crippen LogP contribution is 2.40. The molecule has 0 radical (unpaired) electrons. The van der Waals surface area contributed by atoms with Crippen molar-refractivity contribution in [3.05, 3.63) is 90.2 Å². The lowest BCUT2D eigenvalue weighted by molar-refractivity contribution is -0.113. The number of nitrogens with one attached hydrogen (secondary N) is 2. The second kappa shape index (κ2) is 8.54. The van der Waals surface area contributed by atoms with Crippen LogP contribution in [0.2, 0.25) is 0 Å². The number of aromatic nitrogens is 5. The first-order chi connectivity index (χ1) is 16.2. The van der Waals surface area contributed by atoms with Crippen LogP contribution in [0.3, 0.4) is 0 Å². The van der Waals surface area contributed by atoms with E-state index >= 15 is 0 Å². The lowest BCUT2D eigenvalue weighted by Gasteiger charge is -2.29. The summed E-state index contributed by atoms with van der Waals surface area (Å²) < 4.78 is 7.34. The van der Waals surface area contributed by atoms with E-state index in [9.17, 15) is 4.79 Å². The number of carbonyl (C=O) groups is 1. The van der Waals surface area contributed by atoms with Gasteiger partial charge in [0.25, 0.3) is 5.91 Å². The first-order valence-corrected chi connectivity index (χ1v) is 10.3. The third kappa shape index (κ3) is 3.80. The highest BCUT2D eigenvalue weighted by atomic mass is 16.5.